The first kappa shape index (κ1) is 29.6. The van der Waals surface area contributed by atoms with E-state index < -0.39 is 18.0 Å². The molecule has 0 fully saturated rings. The number of ether oxygens (including phenoxy) is 1. The second-order valence-electron chi connectivity index (χ2n) is 9.46. The maximum absolute atomic E-state index is 12.4. The maximum atomic E-state index is 12.4. The summed E-state index contributed by atoms with van der Waals surface area (Å²) in [6.07, 6.45) is 1.85. The van der Waals surface area contributed by atoms with E-state index in [4.69, 9.17) is 0 Å². The molecule has 0 atom stereocenters. The van der Waals surface area contributed by atoms with Crippen molar-refractivity contribution >= 4 is 39.7 Å². The molecule has 0 radical (unpaired) electrons. The Kier molecular flexibility index (Phi) is 9.20. The quantitative estimate of drug-likeness (QED) is 0.192. The Morgan fingerprint density at radius 1 is 0.860 bits per heavy atom. The second kappa shape index (κ2) is 13.4. The van der Waals surface area contributed by atoms with Crippen LogP contribution in [-0.4, -0.2) is 48.0 Å². The molecular formula is C28H25F3N8O3S. The SMILES string of the molecule is O=C(Cc1cccc(OC(F)(F)F)c1)Nc1ccc(CCCCc2nnc(NC(=O)Cc3cn4ccccc4n3)s2)nn1. The van der Waals surface area contributed by atoms with Gasteiger partial charge in [0.05, 0.1) is 24.2 Å². The van der Waals surface area contributed by atoms with Crippen molar-refractivity contribution in [2.45, 2.75) is 44.9 Å². The van der Waals surface area contributed by atoms with E-state index in [0.717, 1.165) is 41.3 Å². The van der Waals surface area contributed by atoms with Crippen LogP contribution in [0.25, 0.3) is 5.65 Å². The molecule has 2 N–H and O–H groups in total. The Balaban J connectivity index is 1.01. The fraction of sp³-hybridized carbons (Fsp3) is 0.250. The third-order valence-corrected chi connectivity index (χ3v) is 6.92. The van der Waals surface area contributed by atoms with E-state index >= 15 is 0 Å². The standard InChI is InChI=1S/C28H25F3N8O3S/c29-28(30,31)42-21-8-5-6-18(14-21)15-24(40)33-22-12-11-19(35-36-22)7-1-2-10-26-37-38-27(43-26)34-25(41)16-20-17-39-13-4-3-9-23(39)32-20/h3-6,8-9,11-14,17H,1-2,7,10,15-16H2,(H,33,36,40)(H,34,38,41). The first-order valence-corrected chi connectivity index (χ1v) is 14.0. The fourth-order valence-electron chi connectivity index (χ4n) is 4.17. The summed E-state index contributed by atoms with van der Waals surface area (Å²) in [6.45, 7) is 0. The van der Waals surface area contributed by atoms with Gasteiger partial charge in [0.25, 0.3) is 0 Å². The van der Waals surface area contributed by atoms with Crippen molar-refractivity contribution in [1.82, 2.24) is 29.8 Å². The van der Waals surface area contributed by atoms with Gasteiger partial charge in [-0.2, -0.15) is 5.10 Å². The van der Waals surface area contributed by atoms with Gasteiger partial charge in [0, 0.05) is 18.8 Å². The Bertz CT molecular complexity index is 1670. The number of nitrogens with one attached hydrogen (secondary N) is 2. The van der Waals surface area contributed by atoms with Gasteiger partial charge in [0.2, 0.25) is 16.9 Å². The van der Waals surface area contributed by atoms with E-state index in [1.54, 1.807) is 12.1 Å². The van der Waals surface area contributed by atoms with E-state index in [2.05, 4.69) is 40.7 Å². The minimum atomic E-state index is -4.81. The number of benzene rings is 1. The average Bonchev–Trinajstić information content (AvgIpc) is 3.57. The summed E-state index contributed by atoms with van der Waals surface area (Å²) in [6, 6.07) is 14.3. The Morgan fingerprint density at radius 2 is 1.70 bits per heavy atom. The summed E-state index contributed by atoms with van der Waals surface area (Å²) in [5.74, 6) is -0.820. The monoisotopic (exact) mass is 610 g/mol. The number of carbonyl (C=O) groups excluding carboxylic acids is 2. The molecule has 43 heavy (non-hydrogen) atoms. The normalized spacial score (nSPS) is 11.4. The lowest BCUT2D eigenvalue weighted by molar-refractivity contribution is -0.274. The van der Waals surface area contributed by atoms with E-state index in [1.807, 2.05) is 35.0 Å². The Morgan fingerprint density at radius 3 is 2.49 bits per heavy atom. The molecule has 0 bridgehead atoms. The van der Waals surface area contributed by atoms with Crippen molar-refractivity contribution in [3.05, 3.63) is 88.9 Å². The van der Waals surface area contributed by atoms with Crippen LogP contribution >= 0.6 is 11.3 Å². The number of nitrogens with zero attached hydrogens (tertiary/aromatic N) is 6. The largest absolute Gasteiger partial charge is 0.573 e. The number of anilines is 2. The van der Waals surface area contributed by atoms with Gasteiger partial charge in [-0.1, -0.05) is 29.5 Å². The highest BCUT2D eigenvalue weighted by Crippen LogP contribution is 2.24. The van der Waals surface area contributed by atoms with Crippen molar-refractivity contribution < 1.29 is 27.5 Å². The van der Waals surface area contributed by atoms with Gasteiger partial charge in [0.1, 0.15) is 16.4 Å². The van der Waals surface area contributed by atoms with E-state index in [-0.39, 0.29) is 24.6 Å². The number of hydrogen-bond acceptors (Lipinski definition) is 9. The number of halogens is 3. The number of pyridine rings is 1. The zero-order chi connectivity index (χ0) is 30.2. The van der Waals surface area contributed by atoms with Crippen molar-refractivity contribution in [1.29, 1.82) is 0 Å². The third kappa shape index (κ3) is 9.03. The van der Waals surface area contributed by atoms with Crippen LogP contribution in [0.4, 0.5) is 24.1 Å². The summed E-state index contributed by atoms with van der Waals surface area (Å²) in [5, 5.41) is 23.0. The number of aryl methyl sites for hydroxylation is 2. The number of alkyl halides is 3. The highest BCUT2D eigenvalue weighted by molar-refractivity contribution is 7.15. The summed E-state index contributed by atoms with van der Waals surface area (Å²) in [4.78, 5) is 29.1. The van der Waals surface area contributed by atoms with Crippen molar-refractivity contribution in [3.8, 4) is 5.75 Å². The number of carbonyl (C=O) groups is 2. The minimum absolute atomic E-state index is 0.134. The fourth-order valence-corrected chi connectivity index (χ4v) is 4.97. The molecular weight excluding hydrogens is 585 g/mol. The molecule has 5 rings (SSSR count). The molecule has 15 heteroatoms. The molecule has 0 aliphatic heterocycles. The number of imidazole rings is 1. The van der Waals surface area contributed by atoms with E-state index in [9.17, 15) is 22.8 Å². The first-order chi connectivity index (χ1) is 20.7. The lowest BCUT2D eigenvalue weighted by Crippen LogP contribution is -2.18. The molecule has 4 heterocycles. The third-order valence-electron chi connectivity index (χ3n) is 6.03. The molecule has 0 saturated carbocycles. The smallest absolute Gasteiger partial charge is 0.406 e. The van der Waals surface area contributed by atoms with Crippen LogP contribution in [-0.2, 0) is 35.3 Å². The van der Waals surface area contributed by atoms with Crippen LogP contribution in [0.2, 0.25) is 0 Å². The lowest BCUT2D eigenvalue weighted by Gasteiger charge is -2.10. The number of aromatic nitrogens is 6. The predicted molar refractivity (Wildman–Crippen MR) is 152 cm³/mol. The molecule has 0 aliphatic carbocycles. The van der Waals surface area contributed by atoms with Gasteiger partial charge >= 0.3 is 6.36 Å². The minimum Gasteiger partial charge on any atom is -0.406 e. The van der Waals surface area contributed by atoms with Crippen LogP contribution in [0.1, 0.15) is 34.8 Å². The van der Waals surface area contributed by atoms with E-state index in [1.165, 1.54) is 23.5 Å². The highest BCUT2D eigenvalue weighted by Gasteiger charge is 2.31. The van der Waals surface area contributed by atoms with Gasteiger partial charge in [-0.25, -0.2) is 4.98 Å². The molecule has 222 valence electrons. The summed E-state index contributed by atoms with van der Waals surface area (Å²) in [5.41, 5.74) is 2.54. The molecule has 0 aliphatic rings. The van der Waals surface area contributed by atoms with Crippen LogP contribution in [0.3, 0.4) is 0 Å². The van der Waals surface area contributed by atoms with Gasteiger partial charge in [-0.3, -0.25) is 9.59 Å². The molecule has 11 nitrogen and oxygen atoms in total. The van der Waals surface area contributed by atoms with Crippen molar-refractivity contribution in [2.75, 3.05) is 10.6 Å². The number of rotatable bonds is 12. The number of unbranched alkanes of at least 4 members (excludes halogenated alkanes) is 1. The highest BCUT2D eigenvalue weighted by atomic mass is 32.1. The zero-order valence-electron chi connectivity index (χ0n) is 22.5. The lowest BCUT2D eigenvalue weighted by atomic mass is 10.1. The Hall–Kier alpha value is -4.92. The average molecular weight is 611 g/mol. The summed E-state index contributed by atoms with van der Waals surface area (Å²) < 4.78 is 43.0. The summed E-state index contributed by atoms with van der Waals surface area (Å²) in [7, 11) is 0. The maximum Gasteiger partial charge on any atom is 0.573 e. The van der Waals surface area contributed by atoms with Crippen molar-refractivity contribution in [2.24, 2.45) is 0 Å². The Labute approximate surface area is 247 Å². The molecule has 1 aromatic carbocycles. The molecule has 5 aromatic rings. The first-order valence-electron chi connectivity index (χ1n) is 13.2. The van der Waals surface area contributed by atoms with Gasteiger partial charge in [-0.15, -0.1) is 28.5 Å². The molecule has 0 unspecified atom stereocenters. The number of fused-ring (bicyclic) bond motifs is 1. The van der Waals surface area contributed by atoms with Gasteiger partial charge in [0.15, 0.2) is 5.82 Å². The molecule has 4 aromatic heterocycles. The van der Waals surface area contributed by atoms with E-state index in [0.29, 0.717) is 29.2 Å². The van der Waals surface area contributed by atoms with Gasteiger partial charge in [-0.05, 0) is 61.2 Å². The van der Waals surface area contributed by atoms with Crippen LogP contribution in [0.5, 0.6) is 5.75 Å². The molecule has 2 amide bonds. The second-order valence-corrected chi connectivity index (χ2v) is 10.5. The predicted octanol–water partition coefficient (Wildman–Crippen LogP) is 4.80. The number of amides is 2. The molecule has 0 saturated heterocycles. The topological polar surface area (TPSA) is 136 Å². The van der Waals surface area contributed by atoms with Crippen molar-refractivity contribution in [3.63, 3.8) is 0 Å². The van der Waals surface area contributed by atoms with Crippen LogP contribution < -0.4 is 15.4 Å². The number of hydrogen-bond donors (Lipinski definition) is 2. The molecule has 0 spiro atoms. The zero-order valence-corrected chi connectivity index (χ0v) is 23.4. The van der Waals surface area contributed by atoms with Crippen LogP contribution in [0.15, 0.2) is 67.0 Å². The van der Waals surface area contributed by atoms with Crippen LogP contribution in [0, 0.1) is 0 Å². The summed E-state index contributed by atoms with van der Waals surface area (Å²) >= 11 is 1.33. The van der Waals surface area contributed by atoms with Gasteiger partial charge < -0.3 is 19.8 Å².